The maximum absolute atomic E-state index is 12.6. The molecule has 180 valence electrons. The molecule has 3 aromatic heterocycles. The highest BCUT2D eigenvalue weighted by Crippen LogP contribution is 2.35. The number of furan rings is 1. The Bertz CT molecular complexity index is 1600. The average Bonchev–Trinajstić information content (AvgIpc) is 3.30. The molecule has 2 aromatic carbocycles. The molecular weight excluding hydrogens is 474 g/mol. The normalized spacial score (nSPS) is 17.9. The minimum Gasteiger partial charge on any atom is -0.464 e. The zero-order valence-corrected chi connectivity index (χ0v) is 20.4. The van der Waals surface area contributed by atoms with Crippen LogP contribution in [0.3, 0.4) is 0 Å². The van der Waals surface area contributed by atoms with Gasteiger partial charge in [-0.1, -0.05) is 41.9 Å². The molecule has 0 spiro atoms. The molecule has 0 unspecified atom stereocenters. The number of hydrogen-bond acceptors (Lipinski definition) is 5. The number of likely N-dealkylation sites (tertiary alicyclic amines) is 1. The minimum absolute atomic E-state index is 0.257. The van der Waals surface area contributed by atoms with Crippen molar-refractivity contribution < 1.29 is 9.21 Å². The molecular formula is C28H24ClN5O2. The number of aromatic nitrogens is 4. The van der Waals surface area contributed by atoms with Gasteiger partial charge in [-0.3, -0.25) is 4.79 Å². The monoisotopic (exact) mass is 497 g/mol. The van der Waals surface area contributed by atoms with Crippen molar-refractivity contribution >= 4 is 39.6 Å². The van der Waals surface area contributed by atoms with Gasteiger partial charge in [0.2, 0.25) is 5.91 Å². The van der Waals surface area contributed by atoms with Crippen LogP contribution < -0.4 is 0 Å². The van der Waals surface area contributed by atoms with Crippen LogP contribution in [0.1, 0.15) is 19.3 Å². The molecule has 1 aliphatic heterocycles. The standard InChI is InChI=1S/C28H24ClN5O2/c29-25-24-27(31-16-30-25)34(15-17-9-11-33(14-17)28(35)20-5-6-20)26(32-24)19-3-1-18(2-4-19)21-7-8-23-22(13-21)10-12-36-23/h1-4,7-8,10,12-13,16-17,20H,5-6,9,11,14-15H2/t17-/m1/s1. The lowest BCUT2D eigenvalue weighted by Crippen LogP contribution is -2.30. The van der Waals surface area contributed by atoms with Crippen molar-refractivity contribution in [2.45, 2.75) is 25.8 Å². The van der Waals surface area contributed by atoms with Gasteiger partial charge in [-0.05, 0) is 54.5 Å². The van der Waals surface area contributed by atoms with Crippen LogP contribution in [0, 0.1) is 11.8 Å². The summed E-state index contributed by atoms with van der Waals surface area (Å²) in [6.45, 7) is 2.34. The molecule has 2 fully saturated rings. The molecule has 1 amide bonds. The number of halogens is 1. The van der Waals surface area contributed by atoms with Gasteiger partial charge in [0.05, 0.1) is 6.26 Å². The number of benzene rings is 2. The van der Waals surface area contributed by atoms with Crippen LogP contribution in [0.15, 0.2) is 65.5 Å². The Hall–Kier alpha value is -3.71. The lowest BCUT2D eigenvalue weighted by molar-refractivity contribution is -0.131. The third kappa shape index (κ3) is 3.75. The number of amides is 1. The third-order valence-electron chi connectivity index (χ3n) is 7.38. The summed E-state index contributed by atoms with van der Waals surface area (Å²) in [5.74, 6) is 1.74. The van der Waals surface area contributed by atoms with Gasteiger partial charge >= 0.3 is 0 Å². The van der Waals surface area contributed by atoms with Gasteiger partial charge in [-0.15, -0.1) is 0 Å². The number of carbonyl (C=O) groups is 1. The van der Waals surface area contributed by atoms with Gasteiger partial charge < -0.3 is 13.9 Å². The van der Waals surface area contributed by atoms with Crippen molar-refractivity contribution in [1.29, 1.82) is 0 Å². The van der Waals surface area contributed by atoms with Crippen LogP contribution in [-0.2, 0) is 11.3 Å². The summed E-state index contributed by atoms with van der Waals surface area (Å²) < 4.78 is 7.62. The van der Waals surface area contributed by atoms with E-state index in [1.807, 2.05) is 17.0 Å². The summed E-state index contributed by atoms with van der Waals surface area (Å²) in [6, 6.07) is 16.6. The first kappa shape index (κ1) is 21.6. The molecule has 7 nitrogen and oxygen atoms in total. The van der Waals surface area contributed by atoms with Gasteiger partial charge in [0.25, 0.3) is 0 Å². The lowest BCUT2D eigenvalue weighted by Gasteiger charge is -2.17. The Morgan fingerprint density at radius 1 is 1.00 bits per heavy atom. The van der Waals surface area contributed by atoms with E-state index >= 15 is 0 Å². The van der Waals surface area contributed by atoms with Crippen LogP contribution >= 0.6 is 11.6 Å². The molecule has 7 rings (SSSR count). The largest absolute Gasteiger partial charge is 0.464 e. The first-order valence-electron chi connectivity index (χ1n) is 12.4. The molecule has 1 atom stereocenters. The zero-order chi connectivity index (χ0) is 24.2. The van der Waals surface area contributed by atoms with Gasteiger partial charge in [0.1, 0.15) is 23.3 Å². The number of fused-ring (bicyclic) bond motifs is 2. The number of nitrogens with zero attached hydrogens (tertiary/aromatic N) is 5. The van der Waals surface area contributed by atoms with Gasteiger partial charge in [0, 0.05) is 36.5 Å². The summed E-state index contributed by atoms with van der Waals surface area (Å²) in [4.78, 5) is 28.1. The molecule has 0 bridgehead atoms. The number of carbonyl (C=O) groups excluding carboxylic acids is 1. The van der Waals surface area contributed by atoms with Crippen molar-refractivity contribution in [2.24, 2.45) is 11.8 Å². The van der Waals surface area contributed by atoms with E-state index in [1.165, 1.54) is 6.33 Å². The van der Waals surface area contributed by atoms with Crippen LogP contribution in [0.4, 0.5) is 0 Å². The van der Waals surface area contributed by atoms with E-state index in [4.69, 9.17) is 21.0 Å². The summed E-state index contributed by atoms with van der Waals surface area (Å²) >= 11 is 6.41. The van der Waals surface area contributed by atoms with Crippen LogP contribution in [0.5, 0.6) is 0 Å². The second kappa shape index (κ2) is 8.45. The van der Waals surface area contributed by atoms with Crippen molar-refractivity contribution in [2.75, 3.05) is 13.1 Å². The molecule has 5 aromatic rings. The highest BCUT2D eigenvalue weighted by molar-refractivity contribution is 6.33. The van der Waals surface area contributed by atoms with Crippen molar-refractivity contribution in [3.63, 3.8) is 0 Å². The molecule has 4 heterocycles. The first-order chi connectivity index (χ1) is 17.6. The topological polar surface area (TPSA) is 77.0 Å². The fourth-order valence-corrected chi connectivity index (χ4v) is 5.46. The molecule has 1 aliphatic carbocycles. The number of hydrogen-bond donors (Lipinski definition) is 0. The molecule has 2 aliphatic rings. The van der Waals surface area contributed by atoms with Crippen LogP contribution in [0.2, 0.25) is 5.15 Å². The highest BCUT2D eigenvalue weighted by atomic mass is 35.5. The second-order valence-electron chi connectivity index (χ2n) is 9.85. The predicted molar refractivity (Wildman–Crippen MR) is 138 cm³/mol. The molecule has 0 N–H and O–H groups in total. The quantitative estimate of drug-likeness (QED) is 0.286. The Morgan fingerprint density at radius 3 is 2.64 bits per heavy atom. The van der Waals surface area contributed by atoms with Gasteiger partial charge in [-0.25, -0.2) is 15.0 Å². The van der Waals surface area contributed by atoms with E-state index in [0.29, 0.717) is 22.5 Å². The SMILES string of the molecule is O=C(C1CC1)N1CC[C@@H](Cn2c(-c3ccc(-c4ccc5occc5c4)cc3)nc3c(Cl)ncnc32)C1. The first-order valence-corrected chi connectivity index (χ1v) is 12.8. The smallest absolute Gasteiger partial charge is 0.225 e. The Morgan fingerprint density at radius 2 is 1.81 bits per heavy atom. The zero-order valence-electron chi connectivity index (χ0n) is 19.6. The average molecular weight is 498 g/mol. The van der Waals surface area contributed by atoms with E-state index in [9.17, 15) is 4.79 Å². The Labute approximate surface area is 212 Å². The molecule has 1 saturated heterocycles. The highest BCUT2D eigenvalue weighted by Gasteiger charge is 2.37. The number of rotatable bonds is 5. The van der Waals surface area contributed by atoms with Crippen molar-refractivity contribution in [3.05, 3.63) is 66.3 Å². The van der Waals surface area contributed by atoms with E-state index in [-0.39, 0.29) is 5.92 Å². The maximum atomic E-state index is 12.6. The van der Waals surface area contributed by atoms with Crippen molar-refractivity contribution in [3.8, 4) is 22.5 Å². The van der Waals surface area contributed by atoms with E-state index in [1.54, 1.807) is 6.26 Å². The Balaban J connectivity index is 1.22. The third-order valence-corrected chi connectivity index (χ3v) is 7.66. The maximum Gasteiger partial charge on any atom is 0.225 e. The summed E-state index contributed by atoms with van der Waals surface area (Å²) in [7, 11) is 0. The van der Waals surface area contributed by atoms with E-state index < -0.39 is 0 Å². The van der Waals surface area contributed by atoms with Gasteiger partial charge in [0.15, 0.2) is 10.8 Å². The van der Waals surface area contributed by atoms with Crippen LogP contribution in [0.25, 0.3) is 44.6 Å². The summed E-state index contributed by atoms with van der Waals surface area (Å²) in [5, 5.41) is 1.43. The summed E-state index contributed by atoms with van der Waals surface area (Å²) in [6.07, 6.45) is 6.25. The van der Waals surface area contributed by atoms with Gasteiger partial charge in [-0.2, -0.15) is 0 Å². The minimum atomic E-state index is 0.257. The Kier molecular flexibility index (Phi) is 5.06. The summed E-state index contributed by atoms with van der Waals surface area (Å²) in [5.41, 5.74) is 5.45. The fraction of sp³-hybridized carbons (Fsp3) is 0.286. The second-order valence-corrected chi connectivity index (χ2v) is 10.2. The number of imidazole rings is 1. The van der Waals surface area contributed by atoms with Crippen LogP contribution in [-0.4, -0.2) is 43.4 Å². The van der Waals surface area contributed by atoms with E-state index in [2.05, 4.69) is 50.9 Å². The predicted octanol–water partition coefficient (Wildman–Crippen LogP) is 5.82. The van der Waals surface area contributed by atoms with Crippen molar-refractivity contribution in [1.82, 2.24) is 24.4 Å². The fourth-order valence-electron chi connectivity index (χ4n) is 5.29. The molecule has 0 radical (unpaired) electrons. The molecule has 1 saturated carbocycles. The van der Waals surface area contributed by atoms with E-state index in [0.717, 1.165) is 78.0 Å². The molecule has 36 heavy (non-hydrogen) atoms. The molecule has 8 heteroatoms. The lowest BCUT2D eigenvalue weighted by atomic mass is 10.0.